The van der Waals surface area contributed by atoms with Crippen LogP contribution in [0, 0.1) is 0 Å². The number of nitrogens with zero attached hydrogens (tertiary/aromatic N) is 4. The number of phenolic OH excluding ortho intramolecular Hbond substituents is 2. The Labute approximate surface area is 230 Å². The molecule has 1 aliphatic rings. The number of aromatic nitrogens is 3. The average molecular weight is 546 g/mol. The van der Waals surface area contributed by atoms with E-state index in [4.69, 9.17) is 9.47 Å². The Morgan fingerprint density at radius 2 is 1.70 bits per heavy atom. The molecule has 0 radical (unpaired) electrons. The van der Waals surface area contributed by atoms with Crippen LogP contribution in [0.2, 0.25) is 0 Å². The van der Waals surface area contributed by atoms with Crippen LogP contribution in [-0.2, 0) is 16.1 Å². The first-order chi connectivity index (χ1) is 19.4. The molecular formula is C29H31N5O6. The molecule has 1 aliphatic carbocycles. The number of rotatable bonds is 9. The summed E-state index contributed by atoms with van der Waals surface area (Å²) < 4.78 is 12.4. The van der Waals surface area contributed by atoms with E-state index in [0.29, 0.717) is 33.8 Å². The number of phenols is 2. The summed E-state index contributed by atoms with van der Waals surface area (Å²) in [6, 6.07) is 15.1. The third-order valence-electron chi connectivity index (χ3n) is 7.11. The molecule has 40 heavy (non-hydrogen) atoms. The molecule has 1 fully saturated rings. The standard InChI is InChI=1S/C29H31N5O6/c1-39-21-14-20(15-22(16-21)40-2)34(27(37)17-33-24-10-6-5-9-23(24)31-32-33)28(18-11-12-25(35)26(36)13-18)29(38)30-19-7-3-4-8-19/h5-6,9-16,19,28,35-36H,3-4,7-8,17H2,1-2H3,(H,30,38)/t28-/m0/s1. The highest BCUT2D eigenvalue weighted by Gasteiger charge is 2.35. The molecule has 3 N–H and O–H groups in total. The zero-order chi connectivity index (χ0) is 28.2. The van der Waals surface area contributed by atoms with Crippen molar-refractivity contribution in [1.29, 1.82) is 0 Å². The SMILES string of the molecule is COc1cc(OC)cc(N(C(=O)Cn2nnc3ccccc32)[C@H](C(=O)NC2CCCC2)c2ccc(O)c(O)c2)c1. The van der Waals surface area contributed by atoms with Crippen LogP contribution in [0.25, 0.3) is 11.0 Å². The van der Waals surface area contributed by atoms with Crippen molar-refractivity contribution in [2.45, 2.75) is 44.3 Å². The number of hydrogen-bond acceptors (Lipinski definition) is 8. The van der Waals surface area contributed by atoms with Crippen molar-refractivity contribution in [2.24, 2.45) is 0 Å². The van der Waals surface area contributed by atoms with Gasteiger partial charge in [0.15, 0.2) is 11.5 Å². The van der Waals surface area contributed by atoms with Crippen molar-refractivity contribution in [2.75, 3.05) is 19.1 Å². The van der Waals surface area contributed by atoms with Crippen molar-refractivity contribution in [3.8, 4) is 23.0 Å². The number of carbonyl (C=O) groups excluding carboxylic acids is 2. The Hall–Kier alpha value is -4.80. The summed E-state index contributed by atoms with van der Waals surface area (Å²) in [6.45, 7) is -0.225. The number of aromatic hydroxyl groups is 2. The normalized spacial score (nSPS) is 14.2. The van der Waals surface area contributed by atoms with E-state index in [1.165, 1.54) is 42.0 Å². The van der Waals surface area contributed by atoms with Crippen LogP contribution < -0.4 is 19.7 Å². The predicted molar refractivity (Wildman–Crippen MR) is 147 cm³/mol. The number of nitrogens with one attached hydrogen (secondary N) is 1. The van der Waals surface area contributed by atoms with Gasteiger partial charge in [0, 0.05) is 24.2 Å². The molecule has 0 unspecified atom stereocenters. The van der Waals surface area contributed by atoms with Crippen LogP contribution in [0.3, 0.4) is 0 Å². The van der Waals surface area contributed by atoms with E-state index in [1.54, 1.807) is 24.3 Å². The second-order valence-electron chi connectivity index (χ2n) is 9.71. The van der Waals surface area contributed by atoms with Gasteiger partial charge < -0.3 is 25.0 Å². The minimum atomic E-state index is -1.20. The fourth-order valence-electron chi connectivity index (χ4n) is 5.09. The maximum absolute atomic E-state index is 14.2. The van der Waals surface area contributed by atoms with Gasteiger partial charge in [-0.1, -0.05) is 36.3 Å². The quantitative estimate of drug-likeness (QED) is 0.271. The van der Waals surface area contributed by atoms with Crippen LogP contribution >= 0.6 is 0 Å². The summed E-state index contributed by atoms with van der Waals surface area (Å²) in [5.74, 6) is -0.799. The van der Waals surface area contributed by atoms with Gasteiger partial charge in [0.05, 0.1) is 25.4 Å². The van der Waals surface area contributed by atoms with Gasteiger partial charge in [-0.3, -0.25) is 14.5 Å². The fraction of sp³-hybridized carbons (Fsp3) is 0.310. The topological polar surface area (TPSA) is 139 Å². The summed E-state index contributed by atoms with van der Waals surface area (Å²) in [7, 11) is 2.99. The van der Waals surface area contributed by atoms with E-state index in [2.05, 4.69) is 15.6 Å². The van der Waals surface area contributed by atoms with Crippen molar-refractivity contribution >= 4 is 28.5 Å². The molecule has 0 saturated heterocycles. The van der Waals surface area contributed by atoms with Crippen molar-refractivity contribution in [3.05, 3.63) is 66.2 Å². The molecule has 1 atom stereocenters. The van der Waals surface area contributed by atoms with Gasteiger partial charge in [0.2, 0.25) is 11.8 Å². The minimum absolute atomic E-state index is 0.0308. The molecular weight excluding hydrogens is 514 g/mol. The molecule has 3 aromatic carbocycles. The summed E-state index contributed by atoms with van der Waals surface area (Å²) >= 11 is 0. The van der Waals surface area contributed by atoms with Gasteiger partial charge in [0.1, 0.15) is 29.6 Å². The van der Waals surface area contributed by atoms with Crippen LogP contribution in [0.4, 0.5) is 5.69 Å². The van der Waals surface area contributed by atoms with Gasteiger partial charge in [-0.2, -0.15) is 0 Å². The molecule has 1 heterocycles. The van der Waals surface area contributed by atoms with E-state index in [0.717, 1.165) is 25.7 Å². The number of benzene rings is 3. The molecule has 0 aliphatic heterocycles. The maximum atomic E-state index is 14.2. The van der Waals surface area contributed by atoms with Crippen LogP contribution in [0.15, 0.2) is 60.7 Å². The fourth-order valence-corrected chi connectivity index (χ4v) is 5.09. The largest absolute Gasteiger partial charge is 0.504 e. The molecule has 208 valence electrons. The first-order valence-electron chi connectivity index (χ1n) is 13.0. The number of para-hydroxylation sites is 1. The number of hydrogen-bond donors (Lipinski definition) is 3. The van der Waals surface area contributed by atoms with Crippen LogP contribution in [0.1, 0.15) is 37.3 Å². The molecule has 11 heteroatoms. The first kappa shape index (κ1) is 26.8. The zero-order valence-electron chi connectivity index (χ0n) is 22.3. The smallest absolute Gasteiger partial charge is 0.249 e. The molecule has 2 amide bonds. The number of fused-ring (bicyclic) bond motifs is 1. The van der Waals surface area contributed by atoms with Gasteiger partial charge in [-0.15, -0.1) is 5.10 Å². The van der Waals surface area contributed by atoms with E-state index in [1.807, 2.05) is 18.2 Å². The van der Waals surface area contributed by atoms with Crippen molar-refractivity contribution in [3.63, 3.8) is 0 Å². The molecule has 0 bridgehead atoms. The molecule has 1 saturated carbocycles. The maximum Gasteiger partial charge on any atom is 0.249 e. The zero-order valence-corrected chi connectivity index (χ0v) is 22.3. The summed E-state index contributed by atoms with van der Waals surface area (Å²) in [5.41, 5.74) is 1.94. The van der Waals surface area contributed by atoms with Crippen LogP contribution in [-0.4, -0.2) is 57.3 Å². The van der Waals surface area contributed by atoms with E-state index in [-0.39, 0.29) is 18.3 Å². The Kier molecular flexibility index (Phi) is 7.72. The van der Waals surface area contributed by atoms with Gasteiger partial charge in [0.25, 0.3) is 0 Å². The van der Waals surface area contributed by atoms with Crippen molar-refractivity contribution in [1.82, 2.24) is 20.3 Å². The highest BCUT2D eigenvalue weighted by molar-refractivity contribution is 6.02. The van der Waals surface area contributed by atoms with Crippen LogP contribution in [0.5, 0.6) is 23.0 Å². The van der Waals surface area contributed by atoms with Gasteiger partial charge in [-0.05, 0) is 42.7 Å². The second-order valence-corrected chi connectivity index (χ2v) is 9.71. The number of amides is 2. The lowest BCUT2D eigenvalue weighted by atomic mass is 10.0. The lowest BCUT2D eigenvalue weighted by molar-refractivity contribution is -0.127. The summed E-state index contributed by atoms with van der Waals surface area (Å²) in [5, 5.41) is 31.7. The Bertz CT molecular complexity index is 1510. The van der Waals surface area contributed by atoms with E-state index in [9.17, 15) is 19.8 Å². The predicted octanol–water partition coefficient (Wildman–Crippen LogP) is 3.69. The third-order valence-corrected chi connectivity index (χ3v) is 7.11. The number of carbonyl (C=O) groups is 2. The number of ether oxygens (including phenoxy) is 2. The monoisotopic (exact) mass is 545 g/mol. The average Bonchev–Trinajstić information content (AvgIpc) is 3.63. The molecule has 5 rings (SSSR count). The van der Waals surface area contributed by atoms with Crippen molar-refractivity contribution < 1.29 is 29.3 Å². The second kappa shape index (κ2) is 11.5. The minimum Gasteiger partial charge on any atom is -0.504 e. The Morgan fingerprint density at radius 3 is 2.38 bits per heavy atom. The lowest BCUT2D eigenvalue weighted by Crippen LogP contribution is -2.47. The molecule has 1 aromatic heterocycles. The number of anilines is 1. The van der Waals surface area contributed by atoms with Gasteiger partial charge >= 0.3 is 0 Å². The number of methoxy groups -OCH3 is 2. The Balaban J connectivity index is 1.64. The third kappa shape index (κ3) is 5.49. The summed E-state index contributed by atoms with van der Waals surface area (Å²) in [4.78, 5) is 29.6. The lowest BCUT2D eigenvalue weighted by Gasteiger charge is -2.33. The molecule has 0 spiro atoms. The molecule has 4 aromatic rings. The van der Waals surface area contributed by atoms with E-state index >= 15 is 0 Å². The summed E-state index contributed by atoms with van der Waals surface area (Å²) in [6.07, 6.45) is 3.69. The van der Waals surface area contributed by atoms with Gasteiger partial charge in [-0.25, -0.2) is 4.68 Å². The highest BCUT2D eigenvalue weighted by atomic mass is 16.5. The van der Waals surface area contributed by atoms with E-state index < -0.39 is 23.6 Å². The first-order valence-corrected chi connectivity index (χ1v) is 13.0. The molecule has 11 nitrogen and oxygen atoms in total. The Morgan fingerprint density at radius 1 is 1.00 bits per heavy atom. The highest BCUT2D eigenvalue weighted by Crippen LogP contribution is 2.37.